The Hall–Kier alpha value is -2.36. The minimum Gasteiger partial charge on any atom is -0.484 e. The molecule has 0 aliphatic rings. The molecule has 1 N–H and O–H groups in total. The fraction of sp³-hybridized carbons (Fsp3) is 0.188. The van der Waals surface area contributed by atoms with Gasteiger partial charge in [0.1, 0.15) is 11.6 Å². The monoisotopic (exact) mass is 273 g/mol. The molecular weight excluding hydrogens is 257 g/mol. The number of amides is 1. The summed E-state index contributed by atoms with van der Waals surface area (Å²) in [5.41, 5.74) is 1.43. The van der Waals surface area contributed by atoms with Crippen molar-refractivity contribution in [1.82, 2.24) is 5.32 Å². The third kappa shape index (κ3) is 4.09. The number of carbonyl (C=O) groups excluding carboxylic acids is 1. The van der Waals surface area contributed by atoms with E-state index < -0.39 is 0 Å². The van der Waals surface area contributed by atoms with E-state index in [0.29, 0.717) is 17.9 Å². The first kappa shape index (κ1) is 14.1. The average Bonchev–Trinajstić information content (AvgIpc) is 2.47. The Bertz CT molecular complexity index is 584. The van der Waals surface area contributed by atoms with Gasteiger partial charge < -0.3 is 10.1 Å². The van der Waals surface area contributed by atoms with Gasteiger partial charge in [0.15, 0.2) is 6.61 Å². The van der Waals surface area contributed by atoms with Gasteiger partial charge >= 0.3 is 0 Å². The van der Waals surface area contributed by atoms with E-state index in [-0.39, 0.29) is 18.3 Å². The van der Waals surface area contributed by atoms with Crippen molar-refractivity contribution >= 4 is 5.91 Å². The second-order valence-electron chi connectivity index (χ2n) is 4.46. The first-order valence-corrected chi connectivity index (χ1v) is 6.35. The van der Waals surface area contributed by atoms with Crippen molar-refractivity contribution in [3.63, 3.8) is 0 Å². The highest BCUT2D eigenvalue weighted by molar-refractivity contribution is 5.77. The minimum absolute atomic E-state index is 0.0375. The molecule has 0 saturated carbocycles. The largest absolute Gasteiger partial charge is 0.484 e. The van der Waals surface area contributed by atoms with Gasteiger partial charge in [-0.2, -0.15) is 0 Å². The Morgan fingerprint density at radius 1 is 1.20 bits per heavy atom. The lowest BCUT2D eigenvalue weighted by Gasteiger charge is -2.08. The van der Waals surface area contributed by atoms with Crippen LogP contribution in [-0.2, 0) is 11.3 Å². The highest BCUT2D eigenvalue weighted by Crippen LogP contribution is 2.09. The zero-order chi connectivity index (χ0) is 14.4. The number of hydrogen-bond acceptors (Lipinski definition) is 2. The molecule has 0 atom stereocenters. The molecule has 0 spiro atoms. The SMILES string of the molecule is Cc1cc(CNC(=O)COc2ccccc2)ccc1F. The number of aryl methyl sites for hydroxylation is 1. The van der Waals surface area contributed by atoms with Crippen LogP contribution in [0.4, 0.5) is 4.39 Å². The van der Waals surface area contributed by atoms with Crippen molar-refractivity contribution in [2.45, 2.75) is 13.5 Å². The maximum Gasteiger partial charge on any atom is 0.258 e. The molecule has 0 unspecified atom stereocenters. The summed E-state index contributed by atoms with van der Waals surface area (Å²) >= 11 is 0. The predicted octanol–water partition coefficient (Wildman–Crippen LogP) is 2.83. The molecule has 104 valence electrons. The molecule has 0 heterocycles. The summed E-state index contributed by atoms with van der Waals surface area (Å²) in [6.45, 7) is 2.02. The van der Waals surface area contributed by atoms with E-state index >= 15 is 0 Å². The van der Waals surface area contributed by atoms with Crippen molar-refractivity contribution < 1.29 is 13.9 Å². The highest BCUT2D eigenvalue weighted by Gasteiger charge is 2.04. The topological polar surface area (TPSA) is 38.3 Å². The Kier molecular flexibility index (Phi) is 4.71. The number of ether oxygens (including phenoxy) is 1. The van der Waals surface area contributed by atoms with Crippen molar-refractivity contribution in [1.29, 1.82) is 0 Å². The summed E-state index contributed by atoms with van der Waals surface area (Å²) in [5.74, 6) is 0.198. The molecule has 0 radical (unpaired) electrons. The molecule has 0 aliphatic carbocycles. The van der Waals surface area contributed by atoms with Crippen LogP contribution < -0.4 is 10.1 Å². The van der Waals surface area contributed by atoms with Crippen LogP contribution in [0.15, 0.2) is 48.5 Å². The van der Waals surface area contributed by atoms with Crippen molar-refractivity contribution in [2.24, 2.45) is 0 Å². The molecule has 2 aromatic rings. The zero-order valence-corrected chi connectivity index (χ0v) is 11.2. The molecule has 1 amide bonds. The van der Waals surface area contributed by atoms with Crippen LogP contribution in [0, 0.1) is 12.7 Å². The summed E-state index contributed by atoms with van der Waals surface area (Å²) in [4.78, 5) is 11.6. The number of nitrogens with one attached hydrogen (secondary N) is 1. The van der Waals surface area contributed by atoms with Crippen molar-refractivity contribution in [3.8, 4) is 5.75 Å². The van der Waals surface area contributed by atoms with Crippen molar-refractivity contribution in [2.75, 3.05) is 6.61 Å². The highest BCUT2D eigenvalue weighted by atomic mass is 19.1. The lowest BCUT2D eigenvalue weighted by atomic mass is 10.1. The lowest BCUT2D eigenvalue weighted by molar-refractivity contribution is -0.123. The Labute approximate surface area is 117 Å². The fourth-order valence-electron chi connectivity index (χ4n) is 1.73. The minimum atomic E-state index is -0.243. The van der Waals surface area contributed by atoms with Gasteiger partial charge in [-0.1, -0.05) is 30.3 Å². The first-order chi connectivity index (χ1) is 9.65. The normalized spacial score (nSPS) is 10.1. The number of carbonyl (C=O) groups is 1. The molecule has 0 fully saturated rings. The molecule has 0 aromatic heterocycles. The molecule has 2 aromatic carbocycles. The van der Waals surface area contributed by atoms with Crippen LogP contribution in [0.5, 0.6) is 5.75 Å². The zero-order valence-electron chi connectivity index (χ0n) is 11.2. The van der Waals surface area contributed by atoms with Gasteiger partial charge in [0.25, 0.3) is 5.91 Å². The second kappa shape index (κ2) is 6.70. The molecular formula is C16H16FNO2. The quantitative estimate of drug-likeness (QED) is 0.909. The van der Waals surface area contributed by atoms with E-state index in [9.17, 15) is 9.18 Å². The summed E-state index contributed by atoms with van der Waals surface area (Å²) in [6.07, 6.45) is 0. The molecule has 4 heteroatoms. The fourth-order valence-corrected chi connectivity index (χ4v) is 1.73. The van der Waals surface area contributed by atoms with Gasteiger partial charge in [-0.05, 0) is 36.2 Å². The number of halogens is 1. The molecule has 0 saturated heterocycles. The van der Waals surface area contributed by atoms with Gasteiger partial charge in [-0.25, -0.2) is 4.39 Å². The number of hydrogen-bond donors (Lipinski definition) is 1. The van der Waals surface area contributed by atoms with E-state index in [2.05, 4.69) is 5.32 Å². The maximum absolute atomic E-state index is 13.1. The second-order valence-corrected chi connectivity index (χ2v) is 4.46. The van der Waals surface area contributed by atoms with Gasteiger partial charge in [-0.3, -0.25) is 4.79 Å². The smallest absolute Gasteiger partial charge is 0.258 e. The number of para-hydroxylation sites is 1. The molecule has 20 heavy (non-hydrogen) atoms. The average molecular weight is 273 g/mol. The maximum atomic E-state index is 13.1. The van der Waals surface area contributed by atoms with Crippen LogP contribution in [0.25, 0.3) is 0 Å². The van der Waals surface area contributed by atoms with Crippen LogP contribution in [0.1, 0.15) is 11.1 Å². The third-order valence-electron chi connectivity index (χ3n) is 2.83. The van der Waals surface area contributed by atoms with E-state index in [4.69, 9.17) is 4.74 Å². The Balaban J connectivity index is 1.79. The predicted molar refractivity (Wildman–Crippen MR) is 74.9 cm³/mol. The summed E-state index contributed by atoms with van der Waals surface area (Å²) in [6, 6.07) is 13.9. The van der Waals surface area contributed by atoms with E-state index in [0.717, 1.165) is 5.56 Å². The van der Waals surface area contributed by atoms with Crippen LogP contribution in [0.3, 0.4) is 0 Å². The lowest BCUT2D eigenvalue weighted by Crippen LogP contribution is -2.28. The van der Waals surface area contributed by atoms with E-state index in [1.165, 1.54) is 6.07 Å². The molecule has 0 bridgehead atoms. The van der Waals surface area contributed by atoms with Gasteiger partial charge in [0, 0.05) is 6.54 Å². The van der Waals surface area contributed by atoms with E-state index in [1.54, 1.807) is 31.2 Å². The molecule has 2 rings (SSSR count). The van der Waals surface area contributed by atoms with E-state index in [1.807, 2.05) is 18.2 Å². The summed E-state index contributed by atoms with van der Waals surface area (Å²) in [7, 11) is 0. The van der Waals surface area contributed by atoms with Gasteiger partial charge in [-0.15, -0.1) is 0 Å². The Morgan fingerprint density at radius 3 is 2.65 bits per heavy atom. The summed E-state index contributed by atoms with van der Waals surface area (Å²) in [5, 5.41) is 2.73. The molecule has 3 nitrogen and oxygen atoms in total. The van der Waals surface area contributed by atoms with Crippen LogP contribution >= 0.6 is 0 Å². The standard InChI is InChI=1S/C16H16FNO2/c1-12-9-13(7-8-15(12)17)10-18-16(19)11-20-14-5-3-2-4-6-14/h2-9H,10-11H2,1H3,(H,18,19). The van der Waals surface area contributed by atoms with Crippen LogP contribution in [0.2, 0.25) is 0 Å². The van der Waals surface area contributed by atoms with Crippen molar-refractivity contribution in [3.05, 3.63) is 65.5 Å². The molecule has 0 aliphatic heterocycles. The first-order valence-electron chi connectivity index (χ1n) is 6.35. The summed E-state index contributed by atoms with van der Waals surface area (Å²) < 4.78 is 18.4. The van der Waals surface area contributed by atoms with Gasteiger partial charge in [0.05, 0.1) is 0 Å². The number of benzene rings is 2. The van der Waals surface area contributed by atoms with Crippen LogP contribution in [-0.4, -0.2) is 12.5 Å². The van der Waals surface area contributed by atoms with Gasteiger partial charge in [0.2, 0.25) is 0 Å². The third-order valence-corrected chi connectivity index (χ3v) is 2.83. The number of rotatable bonds is 5. The Morgan fingerprint density at radius 2 is 1.95 bits per heavy atom.